The van der Waals surface area contributed by atoms with Gasteiger partial charge >= 0.3 is 0 Å². The van der Waals surface area contributed by atoms with Gasteiger partial charge in [-0.3, -0.25) is 0 Å². The second kappa shape index (κ2) is 7.50. The summed E-state index contributed by atoms with van der Waals surface area (Å²) in [6.45, 7) is 3.05. The fourth-order valence-corrected chi connectivity index (χ4v) is 2.43. The highest BCUT2D eigenvalue weighted by Gasteiger charge is 2.25. The number of halogens is 1. The van der Waals surface area contributed by atoms with Gasteiger partial charge in [0, 0.05) is 13.1 Å². The number of allylic oxidation sites excluding steroid dienone is 2. The number of nitrogens with zero attached hydrogens (tertiary/aromatic N) is 1. The van der Waals surface area contributed by atoms with E-state index in [9.17, 15) is 0 Å². The average Bonchev–Trinajstić information content (AvgIpc) is 3.03. The third kappa shape index (κ3) is 3.79. The first-order valence-corrected chi connectivity index (χ1v) is 6.84. The van der Waals surface area contributed by atoms with Crippen molar-refractivity contribution in [2.75, 3.05) is 26.9 Å². The Morgan fingerprint density at radius 1 is 1.19 bits per heavy atom. The van der Waals surface area contributed by atoms with Gasteiger partial charge in [-0.1, -0.05) is 24.3 Å². The van der Waals surface area contributed by atoms with E-state index in [0.29, 0.717) is 13.2 Å². The van der Waals surface area contributed by atoms with E-state index in [2.05, 4.69) is 35.3 Å². The minimum Gasteiger partial charge on any atom is -0.497 e. The molecular formula is C16H20ClNO3. The van der Waals surface area contributed by atoms with Gasteiger partial charge in [-0.05, 0) is 23.8 Å². The van der Waals surface area contributed by atoms with Gasteiger partial charge in [-0.2, -0.15) is 0 Å². The molecule has 2 aliphatic rings. The molecule has 0 amide bonds. The second-order valence-electron chi connectivity index (χ2n) is 4.82. The summed E-state index contributed by atoms with van der Waals surface area (Å²) in [6.07, 6.45) is 6.05. The van der Waals surface area contributed by atoms with Gasteiger partial charge in [0.05, 0.1) is 26.0 Å². The van der Waals surface area contributed by atoms with Crippen molar-refractivity contribution in [1.29, 1.82) is 0 Å². The van der Waals surface area contributed by atoms with Crippen LogP contribution >= 0.6 is 12.4 Å². The Labute approximate surface area is 131 Å². The molecule has 1 fully saturated rings. The Morgan fingerprint density at radius 3 is 2.57 bits per heavy atom. The highest BCUT2D eigenvalue weighted by atomic mass is 35.5. The van der Waals surface area contributed by atoms with Gasteiger partial charge < -0.3 is 19.1 Å². The van der Waals surface area contributed by atoms with Gasteiger partial charge in [0.25, 0.3) is 0 Å². The molecule has 4 nitrogen and oxygen atoms in total. The van der Waals surface area contributed by atoms with E-state index in [1.54, 1.807) is 7.11 Å². The third-order valence-electron chi connectivity index (χ3n) is 3.49. The van der Waals surface area contributed by atoms with E-state index in [1.165, 1.54) is 5.56 Å². The van der Waals surface area contributed by atoms with Gasteiger partial charge in [0.15, 0.2) is 6.29 Å². The lowest BCUT2D eigenvalue weighted by Gasteiger charge is -2.30. The molecule has 2 heterocycles. The lowest BCUT2D eigenvalue weighted by atomic mass is 10.1. The molecule has 2 aliphatic heterocycles. The van der Waals surface area contributed by atoms with Crippen LogP contribution in [0.1, 0.15) is 5.56 Å². The summed E-state index contributed by atoms with van der Waals surface area (Å²) in [5.74, 6) is 0.880. The molecule has 0 spiro atoms. The zero-order chi connectivity index (χ0) is 13.8. The SMILES string of the molecule is COc1ccc(CN2CC=CC=C2C2OCCO2)cc1.Cl. The molecule has 21 heavy (non-hydrogen) atoms. The summed E-state index contributed by atoms with van der Waals surface area (Å²) in [7, 11) is 1.68. The smallest absolute Gasteiger partial charge is 0.198 e. The molecular weight excluding hydrogens is 290 g/mol. The summed E-state index contributed by atoms with van der Waals surface area (Å²) in [4.78, 5) is 2.28. The summed E-state index contributed by atoms with van der Waals surface area (Å²) < 4.78 is 16.4. The second-order valence-corrected chi connectivity index (χ2v) is 4.82. The molecule has 0 atom stereocenters. The predicted molar refractivity (Wildman–Crippen MR) is 83.6 cm³/mol. The maximum absolute atomic E-state index is 5.61. The molecule has 0 bridgehead atoms. The van der Waals surface area contributed by atoms with Crippen molar-refractivity contribution in [3.05, 3.63) is 53.8 Å². The Bertz CT molecular complexity index is 507. The van der Waals surface area contributed by atoms with Crippen LogP contribution in [0.2, 0.25) is 0 Å². The van der Waals surface area contributed by atoms with E-state index in [0.717, 1.165) is 24.5 Å². The fourth-order valence-electron chi connectivity index (χ4n) is 2.43. The molecule has 3 rings (SSSR count). The van der Waals surface area contributed by atoms with Crippen molar-refractivity contribution in [3.63, 3.8) is 0 Å². The van der Waals surface area contributed by atoms with Gasteiger partial charge in [-0.15, -0.1) is 12.4 Å². The van der Waals surface area contributed by atoms with Crippen LogP contribution in [-0.4, -0.2) is 38.1 Å². The molecule has 114 valence electrons. The highest BCUT2D eigenvalue weighted by Crippen LogP contribution is 2.23. The summed E-state index contributed by atoms with van der Waals surface area (Å²) in [6, 6.07) is 8.15. The first-order valence-electron chi connectivity index (χ1n) is 6.84. The van der Waals surface area contributed by atoms with E-state index < -0.39 is 0 Å². The van der Waals surface area contributed by atoms with Gasteiger partial charge in [0.1, 0.15) is 5.75 Å². The van der Waals surface area contributed by atoms with Crippen LogP contribution < -0.4 is 4.74 Å². The zero-order valence-electron chi connectivity index (χ0n) is 12.0. The Kier molecular flexibility index (Phi) is 5.67. The molecule has 1 aromatic rings. The Hall–Kier alpha value is -1.49. The predicted octanol–water partition coefficient (Wildman–Crippen LogP) is 2.75. The fraction of sp³-hybridized carbons (Fsp3) is 0.375. The first-order chi connectivity index (χ1) is 9.86. The maximum atomic E-state index is 5.61. The minimum absolute atomic E-state index is 0. The van der Waals surface area contributed by atoms with Crippen molar-refractivity contribution in [1.82, 2.24) is 4.90 Å². The van der Waals surface area contributed by atoms with E-state index in [1.807, 2.05) is 12.1 Å². The molecule has 0 N–H and O–H groups in total. The number of ether oxygens (including phenoxy) is 3. The number of hydrogen-bond acceptors (Lipinski definition) is 4. The van der Waals surface area contributed by atoms with Crippen LogP contribution in [-0.2, 0) is 16.0 Å². The van der Waals surface area contributed by atoms with E-state index in [-0.39, 0.29) is 18.7 Å². The van der Waals surface area contributed by atoms with Crippen molar-refractivity contribution < 1.29 is 14.2 Å². The molecule has 0 aliphatic carbocycles. The molecule has 1 aromatic carbocycles. The van der Waals surface area contributed by atoms with Crippen LogP contribution in [0.15, 0.2) is 48.2 Å². The monoisotopic (exact) mass is 309 g/mol. The van der Waals surface area contributed by atoms with E-state index in [4.69, 9.17) is 14.2 Å². The van der Waals surface area contributed by atoms with Gasteiger partial charge in [0.2, 0.25) is 0 Å². The first kappa shape index (κ1) is 15.9. The van der Waals surface area contributed by atoms with Crippen molar-refractivity contribution in [2.45, 2.75) is 12.8 Å². The standard InChI is InChI=1S/C16H19NO3.ClH/c1-18-14-7-5-13(6-8-14)12-17-9-3-2-4-15(17)16-19-10-11-20-16;/h2-8,16H,9-12H2,1H3;1H. The summed E-state index contributed by atoms with van der Waals surface area (Å²) >= 11 is 0. The van der Waals surface area contributed by atoms with Crippen LogP contribution in [0, 0.1) is 0 Å². The van der Waals surface area contributed by atoms with E-state index >= 15 is 0 Å². The Morgan fingerprint density at radius 2 is 1.90 bits per heavy atom. The maximum Gasteiger partial charge on any atom is 0.198 e. The lowest BCUT2D eigenvalue weighted by Crippen LogP contribution is -2.32. The lowest BCUT2D eigenvalue weighted by molar-refractivity contribution is -0.0310. The molecule has 1 saturated heterocycles. The topological polar surface area (TPSA) is 30.9 Å². The quantitative estimate of drug-likeness (QED) is 0.856. The van der Waals surface area contributed by atoms with Crippen LogP contribution in [0.25, 0.3) is 0 Å². The third-order valence-corrected chi connectivity index (χ3v) is 3.49. The number of methoxy groups -OCH3 is 1. The van der Waals surface area contributed by atoms with Crippen LogP contribution in [0.4, 0.5) is 0 Å². The molecule has 0 unspecified atom stereocenters. The minimum atomic E-state index is -0.224. The van der Waals surface area contributed by atoms with Crippen molar-refractivity contribution in [3.8, 4) is 5.75 Å². The highest BCUT2D eigenvalue weighted by molar-refractivity contribution is 5.85. The zero-order valence-corrected chi connectivity index (χ0v) is 12.8. The Balaban J connectivity index is 0.00000161. The number of benzene rings is 1. The van der Waals surface area contributed by atoms with Crippen LogP contribution in [0.5, 0.6) is 5.75 Å². The summed E-state index contributed by atoms with van der Waals surface area (Å²) in [5, 5.41) is 0. The molecule has 5 heteroatoms. The van der Waals surface area contributed by atoms with Crippen molar-refractivity contribution in [2.24, 2.45) is 0 Å². The van der Waals surface area contributed by atoms with Crippen LogP contribution in [0.3, 0.4) is 0 Å². The largest absolute Gasteiger partial charge is 0.497 e. The summed E-state index contributed by atoms with van der Waals surface area (Å²) in [5.41, 5.74) is 2.34. The molecule has 0 radical (unpaired) electrons. The molecule has 0 saturated carbocycles. The average molecular weight is 310 g/mol. The normalized spacial score (nSPS) is 18.3. The number of rotatable bonds is 4. The number of hydrogen-bond donors (Lipinski definition) is 0. The van der Waals surface area contributed by atoms with Gasteiger partial charge in [-0.25, -0.2) is 0 Å². The molecule has 0 aromatic heterocycles. The van der Waals surface area contributed by atoms with Crippen molar-refractivity contribution >= 4 is 12.4 Å².